The van der Waals surface area contributed by atoms with E-state index >= 15 is 0 Å². The number of rotatable bonds is 3. The van der Waals surface area contributed by atoms with Crippen LogP contribution in [0.5, 0.6) is 5.88 Å². The molecule has 1 spiro atoms. The van der Waals surface area contributed by atoms with Crippen LogP contribution in [0.3, 0.4) is 0 Å². The molecule has 2 aliphatic rings. The van der Waals surface area contributed by atoms with Crippen LogP contribution in [-0.4, -0.2) is 65.1 Å². The largest absolute Gasteiger partial charge is 0.479 e. The molecule has 2 fully saturated rings. The highest BCUT2D eigenvalue weighted by molar-refractivity contribution is 7.90. The monoisotopic (exact) mass is 375 g/mol. The molecular formula is C18H25N5O2S. The van der Waals surface area contributed by atoms with E-state index in [9.17, 15) is 4.21 Å². The Morgan fingerprint density at radius 3 is 2.73 bits per heavy atom. The Labute approximate surface area is 154 Å². The highest BCUT2D eigenvalue weighted by Gasteiger charge is 2.45. The lowest BCUT2D eigenvalue weighted by Crippen LogP contribution is -2.33. The normalized spacial score (nSPS) is 25.7. The Bertz CT molecular complexity index is 956. The molecule has 7 nitrogen and oxygen atoms in total. The van der Waals surface area contributed by atoms with Gasteiger partial charge in [-0.1, -0.05) is 0 Å². The molecule has 0 radical (unpaired) electrons. The summed E-state index contributed by atoms with van der Waals surface area (Å²) >= 11 is 0. The van der Waals surface area contributed by atoms with Gasteiger partial charge in [0.25, 0.3) is 0 Å². The average molecular weight is 375 g/mol. The van der Waals surface area contributed by atoms with Crippen molar-refractivity contribution in [3.8, 4) is 5.88 Å². The first-order valence-electron chi connectivity index (χ1n) is 8.86. The molecule has 2 saturated heterocycles. The molecule has 0 N–H and O–H groups in total. The van der Waals surface area contributed by atoms with Crippen LogP contribution < -0.4 is 9.64 Å². The molecule has 2 aliphatic heterocycles. The van der Waals surface area contributed by atoms with Crippen molar-refractivity contribution < 1.29 is 8.95 Å². The number of pyridine rings is 2. The van der Waals surface area contributed by atoms with Gasteiger partial charge in [-0.25, -0.2) is 17.9 Å². The van der Waals surface area contributed by atoms with E-state index in [1.54, 1.807) is 26.6 Å². The minimum absolute atomic E-state index is 0.191. The fraction of sp³-hybridized carbons (Fsp3) is 0.556. The fourth-order valence-corrected chi connectivity index (χ4v) is 5.41. The number of methoxy groups -OCH3 is 1. The molecule has 2 aromatic heterocycles. The standard InChI is InChI=1S/C18H25N5O2S/c1-19-26(3,24)23-11-7-18(13-23)6-10-22(12-18)15-5-9-20-16-14(15)4-8-21-17(16)25-2/h4-5,8-9H,6-7,10-13H2,1-3H3. The van der Waals surface area contributed by atoms with E-state index in [2.05, 4.69) is 29.6 Å². The third-order valence-corrected chi connectivity index (χ3v) is 7.74. The maximum Gasteiger partial charge on any atom is 0.240 e. The van der Waals surface area contributed by atoms with Gasteiger partial charge >= 0.3 is 0 Å². The van der Waals surface area contributed by atoms with Crippen LogP contribution in [0.2, 0.25) is 0 Å². The van der Waals surface area contributed by atoms with E-state index in [0.717, 1.165) is 49.9 Å². The third kappa shape index (κ3) is 2.81. The van der Waals surface area contributed by atoms with Gasteiger partial charge in [-0.15, -0.1) is 0 Å². The number of fused-ring (bicyclic) bond motifs is 1. The van der Waals surface area contributed by atoms with Crippen molar-refractivity contribution in [2.24, 2.45) is 9.78 Å². The van der Waals surface area contributed by atoms with Crippen LogP contribution in [0.15, 0.2) is 28.9 Å². The molecule has 140 valence electrons. The minimum atomic E-state index is -2.23. The third-order valence-electron chi connectivity index (χ3n) is 5.80. The van der Waals surface area contributed by atoms with E-state index in [1.807, 2.05) is 12.3 Å². The molecule has 0 aromatic carbocycles. The van der Waals surface area contributed by atoms with Crippen LogP contribution in [-0.2, 0) is 9.92 Å². The van der Waals surface area contributed by atoms with Gasteiger partial charge in [-0.2, -0.15) is 0 Å². The number of nitrogens with zero attached hydrogens (tertiary/aromatic N) is 5. The Kier molecular flexibility index (Phi) is 4.27. The van der Waals surface area contributed by atoms with Crippen molar-refractivity contribution in [3.05, 3.63) is 24.5 Å². The topological polar surface area (TPSA) is 70.9 Å². The highest BCUT2D eigenvalue weighted by atomic mass is 32.2. The van der Waals surface area contributed by atoms with Crippen LogP contribution in [0.1, 0.15) is 12.8 Å². The van der Waals surface area contributed by atoms with Crippen LogP contribution in [0.4, 0.5) is 5.69 Å². The molecule has 4 heterocycles. The first-order chi connectivity index (χ1) is 12.5. The summed E-state index contributed by atoms with van der Waals surface area (Å²) in [5.41, 5.74) is 2.15. The van der Waals surface area contributed by atoms with Crippen LogP contribution in [0, 0.1) is 5.41 Å². The first kappa shape index (κ1) is 17.5. The number of aromatic nitrogens is 2. The molecule has 2 aromatic rings. The number of anilines is 1. The maximum absolute atomic E-state index is 12.6. The van der Waals surface area contributed by atoms with Crippen LogP contribution >= 0.6 is 0 Å². The molecule has 0 aliphatic carbocycles. The van der Waals surface area contributed by atoms with Gasteiger partial charge in [0.1, 0.15) is 15.4 Å². The number of hydrogen-bond acceptors (Lipinski definition) is 6. The van der Waals surface area contributed by atoms with E-state index in [-0.39, 0.29) is 5.41 Å². The SMILES string of the molecule is CN=S(C)(=O)N1CCC2(CCN(c3ccnc4c(OC)nccc34)C2)C1. The van der Waals surface area contributed by atoms with Gasteiger partial charge < -0.3 is 9.64 Å². The predicted molar refractivity (Wildman–Crippen MR) is 104 cm³/mol. The van der Waals surface area contributed by atoms with E-state index < -0.39 is 9.92 Å². The minimum Gasteiger partial charge on any atom is -0.479 e. The lowest BCUT2D eigenvalue weighted by atomic mass is 9.86. The molecule has 2 atom stereocenters. The Morgan fingerprint density at radius 1 is 1.19 bits per heavy atom. The molecule has 2 unspecified atom stereocenters. The maximum atomic E-state index is 12.6. The summed E-state index contributed by atoms with van der Waals surface area (Å²) in [5.74, 6) is 0.556. The second-order valence-electron chi connectivity index (χ2n) is 7.28. The van der Waals surface area contributed by atoms with E-state index in [0.29, 0.717) is 5.88 Å². The van der Waals surface area contributed by atoms with Crippen molar-refractivity contribution in [3.63, 3.8) is 0 Å². The van der Waals surface area contributed by atoms with E-state index in [1.165, 1.54) is 5.69 Å². The van der Waals surface area contributed by atoms with Gasteiger partial charge in [0, 0.05) is 68.4 Å². The van der Waals surface area contributed by atoms with Gasteiger partial charge in [-0.05, 0) is 25.0 Å². The highest BCUT2D eigenvalue weighted by Crippen LogP contribution is 2.43. The molecule has 0 saturated carbocycles. The summed E-state index contributed by atoms with van der Waals surface area (Å²) < 4.78 is 24.1. The number of ether oxygens (including phenoxy) is 1. The van der Waals surface area contributed by atoms with Gasteiger partial charge in [0.2, 0.25) is 5.88 Å². The quantitative estimate of drug-likeness (QED) is 0.822. The molecule has 0 amide bonds. The molecule has 4 rings (SSSR count). The summed E-state index contributed by atoms with van der Waals surface area (Å²) in [5, 5.41) is 1.06. The summed E-state index contributed by atoms with van der Waals surface area (Å²) in [7, 11) is 1.04. The van der Waals surface area contributed by atoms with Gasteiger partial charge in [-0.3, -0.25) is 4.98 Å². The Balaban J connectivity index is 1.63. The lowest BCUT2D eigenvalue weighted by Gasteiger charge is -2.26. The summed E-state index contributed by atoms with van der Waals surface area (Å²) in [6.45, 7) is 3.66. The Morgan fingerprint density at radius 2 is 1.96 bits per heavy atom. The lowest BCUT2D eigenvalue weighted by molar-refractivity contribution is 0.346. The van der Waals surface area contributed by atoms with Crippen molar-refractivity contribution >= 4 is 26.5 Å². The fourth-order valence-electron chi connectivity index (χ4n) is 4.24. The zero-order valence-corrected chi connectivity index (χ0v) is 16.3. The summed E-state index contributed by atoms with van der Waals surface area (Å²) in [6, 6.07) is 4.07. The predicted octanol–water partition coefficient (Wildman–Crippen LogP) is 2.18. The van der Waals surface area contributed by atoms with Crippen molar-refractivity contribution in [2.75, 3.05) is 51.5 Å². The van der Waals surface area contributed by atoms with Crippen molar-refractivity contribution in [2.45, 2.75) is 12.8 Å². The first-order valence-corrected chi connectivity index (χ1v) is 10.7. The van der Waals surface area contributed by atoms with Gasteiger partial charge in [0.15, 0.2) is 0 Å². The molecular weight excluding hydrogens is 350 g/mol. The second-order valence-corrected chi connectivity index (χ2v) is 9.68. The zero-order chi connectivity index (χ0) is 18.4. The van der Waals surface area contributed by atoms with Crippen LogP contribution in [0.25, 0.3) is 10.9 Å². The van der Waals surface area contributed by atoms with Crippen molar-refractivity contribution in [1.82, 2.24) is 14.3 Å². The smallest absolute Gasteiger partial charge is 0.240 e. The van der Waals surface area contributed by atoms with E-state index in [4.69, 9.17) is 4.74 Å². The Hall–Kier alpha value is -1.93. The van der Waals surface area contributed by atoms with Gasteiger partial charge in [0.05, 0.1) is 7.11 Å². The summed E-state index contributed by atoms with van der Waals surface area (Å²) in [4.78, 5) is 11.1. The zero-order valence-electron chi connectivity index (χ0n) is 15.5. The second kappa shape index (κ2) is 6.35. The molecule has 8 heteroatoms. The molecule has 0 bridgehead atoms. The molecule has 26 heavy (non-hydrogen) atoms. The number of hydrogen-bond donors (Lipinski definition) is 0. The average Bonchev–Trinajstić information content (AvgIpc) is 3.28. The van der Waals surface area contributed by atoms with Crippen molar-refractivity contribution in [1.29, 1.82) is 0 Å². The summed E-state index contributed by atoms with van der Waals surface area (Å²) in [6.07, 6.45) is 7.51.